The number of ether oxygens (including phenoxy) is 1. The van der Waals surface area contributed by atoms with Gasteiger partial charge in [-0.25, -0.2) is 0 Å². The van der Waals surface area contributed by atoms with Gasteiger partial charge in [0.25, 0.3) is 0 Å². The van der Waals surface area contributed by atoms with Crippen molar-refractivity contribution >= 4 is 41.5 Å². The minimum absolute atomic E-state index is 0.0217. The topological polar surface area (TPSA) is 43.4 Å². The Morgan fingerprint density at radius 2 is 1.53 bits per heavy atom. The molecule has 1 fully saturated rings. The van der Waals surface area contributed by atoms with E-state index in [1.54, 1.807) is 0 Å². The van der Waals surface area contributed by atoms with E-state index in [4.69, 9.17) is 4.74 Å². The molecule has 3 aromatic rings. The highest BCUT2D eigenvalue weighted by atomic mass is 32.1. The van der Waals surface area contributed by atoms with Crippen LogP contribution in [0.3, 0.4) is 0 Å². The summed E-state index contributed by atoms with van der Waals surface area (Å²) in [7, 11) is -0.992. The van der Waals surface area contributed by atoms with Gasteiger partial charge in [-0.05, 0) is 34.9 Å². The van der Waals surface area contributed by atoms with Gasteiger partial charge < -0.3 is 4.74 Å². The Kier molecular flexibility index (Phi) is 5.99. The molecule has 3 nitrogen and oxygen atoms in total. The van der Waals surface area contributed by atoms with E-state index in [1.807, 2.05) is 29.6 Å². The Morgan fingerprint density at radius 3 is 1.97 bits per heavy atom. The van der Waals surface area contributed by atoms with Gasteiger partial charge in [-0.15, -0.1) is 11.3 Å². The monoisotopic (exact) mass is 462 g/mol. The molecule has 1 aliphatic rings. The van der Waals surface area contributed by atoms with E-state index in [9.17, 15) is 9.59 Å². The Balaban J connectivity index is 1.84. The summed E-state index contributed by atoms with van der Waals surface area (Å²) in [6.07, 6.45) is 0.556. The van der Waals surface area contributed by atoms with Gasteiger partial charge in [0, 0.05) is 0 Å². The van der Waals surface area contributed by atoms with Crippen LogP contribution in [0.4, 0.5) is 0 Å². The van der Waals surface area contributed by atoms with Gasteiger partial charge in [-0.3, -0.25) is 9.59 Å². The van der Waals surface area contributed by atoms with Crippen LogP contribution in [0.15, 0.2) is 78.2 Å². The molecular weight excluding hydrogens is 432 g/mol. The molecule has 2 atom stereocenters. The maximum absolute atomic E-state index is 13.5. The first-order valence-corrected chi connectivity index (χ1v) is 14.1. The quantitative estimate of drug-likeness (QED) is 0.210. The second-order valence-electron chi connectivity index (χ2n) is 9.76. The van der Waals surface area contributed by atoms with Crippen molar-refractivity contribution in [3.8, 4) is 0 Å². The van der Waals surface area contributed by atoms with Crippen molar-refractivity contribution in [3.63, 3.8) is 0 Å². The van der Waals surface area contributed by atoms with Crippen molar-refractivity contribution in [2.75, 3.05) is 7.11 Å². The lowest BCUT2D eigenvalue weighted by Crippen LogP contribution is -2.64. The highest BCUT2D eigenvalue weighted by Crippen LogP contribution is 2.61. The molecule has 32 heavy (non-hydrogen) atoms. The van der Waals surface area contributed by atoms with Crippen molar-refractivity contribution in [1.82, 2.24) is 0 Å². The number of esters is 1. The number of hydrogen-bond donors (Lipinski definition) is 0. The molecule has 0 saturated heterocycles. The lowest BCUT2D eigenvalue weighted by Gasteiger charge is -2.45. The number of hydrogen-bond acceptors (Lipinski definition) is 4. The molecule has 0 N–H and O–H groups in total. The molecule has 1 saturated carbocycles. The van der Waals surface area contributed by atoms with Crippen molar-refractivity contribution in [2.45, 2.75) is 38.3 Å². The van der Waals surface area contributed by atoms with Gasteiger partial charge in [0.15, 0.2) is 5.78 Å². The van der Waals surface area contributed by atoms with Crippen LogP contribution in [0.5, 0.6) is 0 Å². The van der Waals surface area contributed by atoms with E-state index >= 15 is 0 Å². The highest BCUT2D eigenvalue weighted by Gasteiger charge is 2.69. The summed E-state index contributed by atoms with van der Waals surface area (Å²) in [5.74, 6) is -0.503. The summed E-state index contributed by atoms with van der Waals surface area (Å²) in [4.78, 5) is 27.2. The molecule has 166 valence electrons. The average Bonchev–Trinajstić information content (AvgIpc) is 3.25. The number of thiophene rings is 1. The molecular formula is C27H30O3SSi. The largest absolute Gasteiger partial charge is 0.468 e. The fourth-order valence-electron chi connectivity index (χ4n) is 5.40. The second kappa shape index (κ2) is 8.45. The summed E-state index contributed by atoms with van der Waals surface area (Å²) in [5.41, 5.74) is -1.06. The zero-order valence-corrected chi connectivity index (χ0v) is 20.9. The van der Waals surface area contributed by atoms with Crippen molar-refractivity contribution in [2.24, 2.45) is 11.3 Å². The number of methoxy groups -OCH3 is 1. The Morgan fingerprint density at radius 1 is 0.969 bits per heavy atom. The van der Waals surface area contributed by atoms with E-state index in [2.05, 4.69) is 69.3 Å². The molecule has 1 heterocycles. The number of carbonyl (C=O) groups is 2. The summed E-state index contributed by atoms with van der Waals surface area (Å²) < 4.78 is 5.20. The summed E-state index contributed by atoms with van der Waals surface area (Å²) in [5, 5.41) is 4.55. The fourth-order valence-corrected chi connectivity index (χ4v) is 12.1. The zero-order valence-electron chi connectivity index (χ0n) is 19.1. The molecule has 2 unspecified atom stereocenters. The van der Waals surface area contributed by atoms with E-state index in [0.717, 1.165) is 6.04 Å². The number of carbonyl (C=O) groups excluding carboxylic acids is 2. The van der Waals surface area contributed by atoms with Crippen LogP contribution in [-0.2, 0) is 9.53 Å². The smallest absolute Gasteiger partial charge is 0.320 e. The summed E-state index contributed by atoms with van der Waals surface area (Å²) in [6.45, 7) is 6.92. The minimum Gasteiger partial charge on any atom is -0.468 e. The summed E-state index contributed by atoms with van der Waals surface area (Å²) >= 11 is 1.40. The van der Waals surface area contributed by atoms with E-state index < -0.39 is 13.5 Å². The Labute approximate surface area is 195 Å². The lowest BCUT2D eigenvalue weighted by atomic mass is 9.97. The molecule has 4 rings (SSSR count). The third kappa shape index (κ3) is 3.57. The minimum atomic E-state index is -2.38. The van der Waals surface area contributed by atoms with E-state index in [1.165, 1.54) is 28.8 Å². The molecule has 5 heteroatoms. The third-order valence-corrected chi connectivity index (χ3v) is 14.3. The molecule has 0 spiro atoms. The maximum atomic E-state index is 13.5. The van der Waals surface area contributed by atoms with Gasteiger partial charge in [0.2, 0.25) is 0 Å². The van der Waals surface area contributed by atoms with Crippen LogP contribution in [0.2, 0.25) is 11.1 Å². The standard InChI is InChI=1S/C27H30O3SSi/c1-26(2,3)32(21-12-7-5-8-13-21,22-14-9-6-10-15-22)19-20-18-27(20,25(29)30-4)24(28)23-16-11-17-31-23/h5-17,20H,18-19H2,1-4H3. The van der Waals surface area contributed by atoms with Gasteiger partial charge in [-0.1, -0.05) is 97.9 Å². The maximum Gasteiger partial charge on any atom is 0.320 e. The van der Waals surface area contributed by atoms with Gasteiger partial charge in [0.1, 0.15) is 13.5 Å². The van der Waals surface area contributed by atoms with Crippen LogP contribution in [0.1, 0.15) is 36.9 Å². The Bertz CT molecular complexity index is 1050. The van der Waals surface area contributed by atoms with Gasteiger partial charge >= 0.3 is 5.97 Å². The summed E-state index contributed by atoms with van der Waals surface area (Å²) in [6, 6.07) is 25.9. The average molecular weight is 463 g/mol. The van der Waals surface area contributed by atoms with Gasteiger partial charge in [-0.2, -0.15) is 0 Å². The number of benzene rings is 2. The van der Waals surface area contributed by atoms with E-state index in [-0.39, 0.29) is 22.7 Å². The predicted octanol–water partition coefficient (Wildman–Crippen LogP) is 5.17. The molecule has 2 aromatic carbocycles. The fraction of sp³-hybridized carbons (Fsp3) is 0.333. The van der Waals surface area contributed by atoms with Crippen LogP contribution in [-0.4, -0.2) is 26.9 Å². The lowest BCUT2D eigenvalue weighted by molar-refractivity contribution is -0.145. The van der Waals surface area contributed by atoms with Gasteiger partial charge in [0.05, 0.1) is 12.0 Å². The number of Topliss-reactive ketones (excluding diaryl/α,β-unsaturated/α-hetero) is 1. The van der Waals surface area contributed by atoms with Crippen LogP contribution >= 0.6 is 11.3 Å². The first-order chi connectivity index (χ1) is 15.3. The second-order valence-corrected chi connectivity index (χ2v) is 15.6. The number of rotatable bonds is 7. The highest BCUT2D eigenvalue weighted by molar-refractivity contribution is 7.12. The van der Waals surface area contributed by atoms with Crippen molar-refractivity contribution in [3.05, 3.63) is 83.1 Å². The first kappa shape index (κ1) is 22.7. The molecule has 1 aliphatic carbocycles. The SMILES string of the molecule is COC(=O)C1(C(=O)c2cccs2)CC1C[Si](c1ccccc1)(c1ccccc1)C(C)(C)C. The molecule has 0 radical (unpaired) electrons. The number of ketones is 1. The normalized spacial score (nSPS) is 20.6. The predicted molar refractivity (Wildman–Crippen MR) is 134 cm³/mol. The van der Waals surface area contributed by atoms with Crippen LogP contribution in [0.25, 0.3) is 0 Å². The molecule has 0 aliphatic heterocycles. The van der Waals surface area contributed by atoms with Crippen molar-refractivity contribution in [1.29, 1.82) is 0 Å². The first-order valence-electron chi connectivity index (χ1n) is 11.0. The van der Waals surface area contributed by atoms with Crippen molar-refractivity contribution < 1.29 is 14.3 Å². The third-order valence-electron chi connectivity index (χ3n) is 7.17. The van der Waals surface area contributed by atoms with Crippen LogP contribution in [0, 0.1) is 11.3 Å². The molecule has 0 amide bonds. The van der Waals surface area contributed by atoms with Crippen LogP contribution < -0.4 is 10.4 Å². The molecule has 0 bridgehead atoms. The molecule has 1 aromatic heterocycles. The Hall–Kier alpha value is -2.50. The van der Waals surface area contributed by atoms with E-state index in [0.29, 0.717) is 11.3 Å². The zero-order chi connectivity index (χ0) is 23.0.